The van der Waals surface area contributed by atoms with Crippen LogP contribution in [-0.4, -0.2) is 50.6 Å². The summed E-state index contributed by atoms with van der Waals surface area (Å²) in [5.74, 6) is 1.31. The molecule has 6 aromatic carbocycles. The maximum Gasteiger partial charge on any atom is 0.263 e. The van der Waals surface area contributed by atoms with Gasteiger partial charge in [-0.25, -0.2) is 31.8 Å². The Labute approximate surface area is 416 Å². The molecule has 19 heteroatoms. The van der Waals surface area contributed by atoms with Gasteiger partial charge in [0.05, 0.1) is 40.1 Å². The van der Waals surface area contributed by atoms with Crippen LogP contribution in [0.1, 0.15) is 11.1 Å². The first-order chi connectivity index (χ1) is 34.4. The molecule has 0 radical (unpaired) electrons. The van der Waals surface area contributed by atoms with Crippen molar-refractivity contribution in [2.75, 3.05) is 34.3 Å². The number of aromatic nitrogens is 4. The second kappa shape index (κ2) is 19.7. The number of rotatable bonds is 17. The van der Waals surface area contributed by atoms with Crippen LogP contribution in [0.25, 0.3) is 49.1 Å². The standard InChI is InChI=1S/C52H42N8O7S4/c1-66-39-18-23-45(48(28-39)67-2)47-27-34(43-11-5-6-13-46(43)57-47)29-54-36-14-21-41(22-15-36)71(64,65)59-52-56-31-49(69-52)33-8-7-9-38(26-33)60-32-35(42-10-3-4-12-44(42)50(60)61)30-55-37-16-19-40(20-17-37)70(62,63)58-51-53-24-25-68-51/h3-28,31-32,54-55H,29-30H2,1-2H3,(H,53,58)(H,56,59). The van der Waals surface area contributed by atoms with Gasteiger partial charge in [0.25, 0.3) is 25.6 Å². The molecule has 4 heterocycles. The minimum absolute atomic E-state index is 0.0656. The van der Waals surface area contributed by atoms with Gasteiger partial charge in [-0.05, 0) is 113 Å². The third-order valence-corrected chi connectivity index (χ3v) is 16.2. The number of anilines is 4. The van der Waals surface area contributed by atoms with Gasteiger partial charge in [0.1, 0.15) is 11.5 Å². The van der Waals surface area contributed by atoms with Crippen molar-refractivity contribution in [2.45, 2.75) is 22.9 Å². The van der Waals surface area contributed by atoms with Crippen LogP contribution < -0.4 is 35.1 Å². The Kier molecular flexibility index (Phi) is 12.9. The molecule has 0 amide bonds. The fraction of sp³-hybridized carbons (Fsp3) is 0.0769. The first-order valence-corrected chi connectivity index (χ1v) is 26.5. The fourth-order valence-corrected chi connectivity index (χ4v) is 11.9. The molecule has 15 nitrogen and oxygen atoms in total. The monoisotopic (exact) mass is 1020 g/mol. The highest BCUT2D eigenvalue weighted by molar-refractivity contribution is 7.93. The first-order valence-electron chi connectivity index (χ1n) is 21.9. The van der Waals surface area contributed by atoms with Crippen LogP contribution in [0.5, 0.6) is 11.5 Å². The largest absolute Gasteiger partial charge is 0.497 e. The van der Waals surface area contributed by atoms with E-state index in [0.717, 1.165) is 49.9 Å². The lowest BCUT2D eigenvalue weighted by molar-refractivity contribution is 0.395. The number of para-hydroxylation sites is 1. The topological polar surface area (TPSA) is 196 Å². The Morgan fingerprint density at radius 1 is 0.634 bits per heavy atom. The zero-order valence-electron chi connectivity index (χ0n) is 37.9. The van der Waals surface area contributed by atoms with Gasteiger partial charge in [0.15, 0.2) is 10.3 Å². The van der Waals surface area contributed by atoms with Gasteiger partial charge in [-0.2, -0.15) is 0 Å². The summed E-state index contributed by atoms with van der Waals surface area (Å²) in [6.45, 7) is 0.768. The molecule has 71 heavy (non-hydrogen) atoms. The minimum Gasteiger partial charge on any atom is -0.497 e. The number of methoxy groups -OCH3 is 2. The highest BCUT2D eigenvalue weighted by Crippen LogP contribution is 2.36. The molecule has 4 N–H and O–H groups in total. The predicted octanol–water partition coefficient (Wildman–Crippen LogP) is 10.6. The second-order valence-electron chi connectivity index (χ2n) is 16.0. The van der Waals surface area contributed by atoms with Gasteiger partial charge in [-0.1, -0.05) is 59.9 Å². The summed E-state index contributed by atoms with van der Waals surface area (Å²) in [5, 5.41) is 11.2. The summed E-state index contributed by atoms with van der Waals surface area (Å²) in [6.07, 6.45) is 4.91. The van der Waals surface area contributed by atoms with Gasteiger partial charge in [0.2, 0.25) is 0 Å². The molecule has 0 atom stereocenters. The molecule has 0 unspecified atom stereocenters. The second-order valence-corrected chi connectivity index (χ2v) is 21.3. The zero-order chi connectivity index (χ0) is 49.1. The number of ether oxygens (including phenoxy) is 2. The van der Waals surface area contributed by atoms with Crippen LogP contribution in [0.15, 0.2) is 184 Å². The summed E-state index contributed by atoms with van der Waals surface area (Å²) < 4.78 is 70.8. The number of pyridine rings is 2. The van der Waals surface area contributed by atoms with E-state index < -0.39 is 20.0 Å². The number of hydrogen-bond donors (Lipinski definition) is 4. The quantitative estimate of drug-likeness (QED) is 0.0675. The van der Waals surface area contributed by atoms with Crippen LogP contribution in [0.2, 0.25) is 0 Å². The Morgan fingerprint density at radius 2 is 1.30 bits per heavy atom. The Hall–Kier alpha value is -8.10. The third-order valence-electron chi connectivity index (χ3n) is 11.6. The average molecular weight is 1020 g/mol. The molecule has 0 saturated heterocycles. The Balaban J connectivity index is 0.825. The van der Waals surface area contributed by atoms with E-state index in [2.05, 4.69) is 30.0 Å². The van der Waals surface area contributed by atoms with Crippen molar-refractivity contribution in [1.82, 2.24) is 19.5 Å². The highest BCUT2D eigenvalue weighted by Gasteiger charge is 2.20. The highest BCUT2D eigenvalue weighted by atomic mass is 32.2. The molecule has 4 aromatic heterocycles. The molecule has 0 aliphatic carbocycles. The van der Waals surface area contributed by atoms with Crippen LogP contribution in [0, 0.1) is 0 Å². The maximum absolute atomic E-state index is 14.0. The smallest absolute Gasteiger partial charge is 0.263 e. The van der Waals surface area contributed by atoms with Crippen LogP contribution in [0.3, 0.4) is 0 Å². The van der Waals surface area contributed by atoms with E-state index >= 15 is 0 Å². The lowest BCUT2D eigenvalue weighted by atomic mass is 10.0. The molecular weight excluding hydrogens is 977 g/mol. The molecule has 0 bridgehead atoms. The van der Waals surface area contributed by atoms with E-state index in [9.17, 15) is 21.6 Å². The minimum atomic E-state index is -4.01. The van der Waals surface area contributed by atoms with Gasteiger partial charge < -0.3 is 20.1 Å². The molecule has 10 aromatic rings. The van der Waals surface area contributed by atoms with E-state index in [0.29, 0.717) is 46.2 Å². The molecule has 0 aliphatic heterocycles. The van der Waals surface area contributed by atoms with E-state index in [1.54, 1.807) is 79.0 Å². The summed E-state index contributed by atoms with van der Waals surface area (Å²) >= 11 is 2.36. The molecule has 0 fully saturated rings. The summed E-state index contributed by atoms with van der Waals surface area (Å²) in [5.41, 5.74) is 6.73. The van der Waals surface area contributed by atoms with Crippen molar-refractivity contribution in [2.24, 2.45) is 0 Å². The average Bonchev–Trinajstić information content (AvgIpc) is 4.10. The zero-order valence-corrected chi connectivity index (χ0v) is 41.1. The number of benzene rings is 6. The summed E-state index contributed by atoms with van der Waals surface area (Å²) in [7, 11) is -4.61. The lowest BCUT2D eigenvalue weighted by Crippen LogP contribution is -2.20. The Morgan fingerprint density at radius 3 is 1.97 bits per heavy atom. The van der Waals surface area contributed by atoms with Gasteiger partial charge in [-0.15, -0.1) is 11.3 Å². The van der Waals surface area contributed by atoms with Crippen LogP contribution >= 0.6 is 22.7 Å². The van der Waals surface area contributed by atoms with E-state index in [1.165, 1.54) is 41.0 Å². The molecule has 0 spiro atoms. The van der Waals surface area contributed by atoms with Crippen molar-refractivity contribution in [3.63, 3.8) is 0 Å². The van der Waals surface area contributed by atoms with Crippen molar-refractivity contribution < 1.29 is 26.3 Å². The lowest BCUT2D eigenvalue weighted by Gasteiger charge is -2.15. The Bertz CT molecular complexity index is 3870. The summed E-state index contributed by atoms with van der Waals surface area (Å²) in [4.78, 5) is 28.2. The van der Waals surface area contributed by atoms with Gasteiger partial charge in [0, 0.05) is 76.5 Å². The van der Waals surface area contributed by atoms with Crippen LogP contribution in [-0.2, 0) is 33.1 Å². The van der Waals surface area contributed by atoms with Crippen molar-refractivity contribution in [1.29, 1.82) is 0 Å². The fourth-order valence-electron chi connectivity index (χ4n) is 8.02. The predicted molar refractivity (Wildman–Crippen MR) is 282 cm³/mol. The van der Waals surface area contributed by atoms with Crippen LogP contribution in [0.4, 0.5) is 21.6 Å². The van der Waals surface area contributed by atoms with E-state index in [4.69, 9.17) is 14.5 Å². The van der Waals surface area contributed by atoms with E-state index in [-0.39, 0.29) is 25.6 Å². The van der Waals surface area contributed by atoms with Crippen molar-refractivity contribution in [3.05, 3.63) is 191 Å². The normalized spacial score (nSPS) is 11.6. The number of nitrogens with one attached hydrogen (secondary N) is 4. The number of fused-ring (bicyclic) bond motifs is 2. The number of thiazole rings is 2. The van der Waals surface area contributed by atoms with Crippen molar-refractivity contribution >= 4 is 86.0 Å². The number of nitrogens with zero attached hydrogens (tertiary/aromatic N) is 4. The molecule has 356 valence electrons. The molecular formula is C52H42N8O7S4. The van der Waals surface area contributed by atoms with Gasteiger partial charge >= 0.3 is 0 Å². The van der Waals surface area contributed by atoms with Gasteiger partial charge in [-0.3, -0.25) is 18.8 Å². The maximum atomic E-state index is 14.0. The SMILES string of the molecule is COc1ccc(-c2cc(CNc3ccc(S(=O)(=O)Nc4ncc(-c5cccc(-n6cc(CNc7ccc(S(=O)(=O)Nc8nccs8)cc7)c7ccccc7c6=O)c5)s4)cc3)c3ccccc3n2)c(OC)c1. The molecule has 0 aliphatic rings. The van der Waals surface area contributed by atoms with E-state index in [1.807, 2.05) is 91.0 Å². The first kappa shape index (κ1) is 46.6. The molecule has 0 saturated carbocycles. The number of sulfonamides is 2. The summed E-state index contributed by atoms with van der Waals surface area (Å²) in [6, 6.07) is 43.2. The molecule has 10 rings (SSSR count). The number of hydrogen-bond acceptors (Lipinski definition) is 14. The van der Waals surface area contributed by atoms with Crippen molar-refractivity contribution in [3.8, 4) is 38.9 Å². The third kappa shape index (κ3) is 10.0.